The molecule has 0 aliphatic carbocycles. The van der Waals surface area contributed by atoms with E-state index >= 15 is 0 Å². The molecule has 0 heterocycles. The third-order valence-electron chi connectivity index (χ3n) is 1.92. The molecule has 1 atom stereocenters. The minimum Gasteiger partial charge on any atom is -0.480 e. The molecule has 3 N–H and O–H groups in total. The Morgan fingerprint density at radius 2 is 1.75 bits per heavy atom. The average molecular weight is 230 g/mol. The fourth-order valence-corrected chi connectivity index (χ4v) is 1.07. The first kappa shape index (κ1) is 14.4. The lowest BCUT2D eigenvalue weighted by Crippen LogP contribution is -2.51. The van der Waals surface area contributed by atoms with Gasteiger partial charge in [0, 0.05) is 6.92 Å². The highest BCUT2D eigenvalue weighted by Gasteiger charge is 2.32. The topological polar surface area (TPSA) is 95.5 Å². The van der Waals surface area contributed by atoms with Gasteiger partial charge < -0.3 is 15.7 Å². The summed E-state index contributed by atoms with van der Waals surface area (Å²) in [7, 11) is 0. The third kappa shape index (κ3) is 5.33. The summed E-state index contributed by atoms with van der Waals surface area (Å²) < 4.78 is 0. The molecule has 0 aliphatic rings. The van der Waals surface area contributed by atoms with E-state index in [-0.39, 0.29) is 12.5 Å². The lowest BCUT2D eigenvalue weighted by Gasteiger charge is -2.27. The van der Waals surface area contributed by atoms with Gasteiger partial charge >= 0.3 is 5.97 Å². The molecule has 0 fully saturated rings. The van der Waals surface area contributed by atoms with Gasteiger partial charge in [0.15, 0.2) is 0 Å². The zero-order valence-electron chi connectivity index (χ0n) is 9.96. The Kier molecular flexibility index (Phi) is 4.94. The van der Waals surface area contributed by atoms with E-state index in [0.29, 0.717) is 0 Å². The van der Waals surface area contributed by atoms with Gasteiger partial charge in [-0.05, 0) is 5.41 Å². The van der Waals surface area contributed by atoms with E-state index < -0.39 is 23.3 Å². The number of nitrogens with one attached hydrogen (secondary N) is 2. The largest absolute Gasteiger partial charge is 0.480 e. The molecule has 0 spiro atoms. The zero-order valence-corrected chi connectivity index (χ0v) is 9.96. The number of aliphatic carboxylic acids is 1. The van der Waals surface area contributed by atoms with Crippen LogP contribution in [0.3, 0.4) is 0 Å². The van der Waals surface area contributed by atoms with Gasteiger partial charge in [-0.3, -0.25) is 9.59 Å². The second-order valence-electron chi connectivity index (χ2n) is 4.61. The number of carboxylic acid groups (broad SMARTS) is 1. The Balaban J connectivity index is 4.37. The quantitative estimate of drug-likeness (QED) is 0.620. The molecule has 0 unspecified atom stereocenters. The van der Waals surface area contributed by atoms with Crippen molar-refractivity contribution < 1.29 is 19.5 Å². The lowest BCUT2D eigenvalue weighted by atomic mass is 9.87. The fourth-order valence-electron chi connectivity index (χ4n) is 1.07. The summed E-state index contributed by atoms with van der Waals surface area (Å²) in [6.45, 7) is 6.21. The summed E-state index contributed by atoms with van der Waals surface area (Å²) in [5, 5.41) is 13.6. The molecule has 0 bridgehead atoms. The van der Waals surface area contributed by atoms with Gasteiger partial charge in [-0.25, -0.2) is 4.79 Å². The number of hydrogen-bond acceptors (Lipinski definition) is 3. The first-order valence-corrected chi connectivity index (χ1v) is 4.91. The molecule has 0 aromatic rings. The Hall–Kier alpha value is -1.59. The molecule has 2 amide bonds. The highest BCUT2D eigenvalue weighted by atomic mass is 16.4. The van der Waals surface area contributed by atoms with Crippen molar-refractivity contribution in [2.75, 3.05) is 6.54 Å². The average Bonchev–Trinajstić information content (AvgIpc) is 2.08. The summed E-state index contributed by atoms with van der Waals surface area (Å²) in [6, 6.07) is -0.978. The van der Waals surface area contributed by atoms with E-state index in [2.05, 4.69) is 10.6 Å². The highest BCUT2D eigenvalue weighted by molar-refractivity contribution is 5.87. The SMILES string of the molecule is CC(=O)NCC(=O)N[C@H](C(=O)O)C(C)(C)C. The Labute approximate surface area is 94.4 Å². The summed E-state index contributed by atoms with van der Waals surface area (Å²) in [6.07, 6.45) is 0. The smallest absolute Gasteiger partial charge is 0.326 e. The highest BCUT2D eigenvalue weighted by Crippen LogP contribution is 2.19. The van der Waals surface area contributed by atoms with Crippen molar-refractivity contribution in [3.05, 3.63) is 0 Å². The van der Waals surface area contributed by atoms with Gasteiger partial charge in [0.25, 0.3) is 0 Å². The monoisotopic (exact) mass is 230 g/mol. The van der Waals surface area contributed by atoms with Crippen LogP contribution in [0.25, 0.3) is 0 Å². The summed E-state index contributed by atoms with van der Waals surface area (Å²) in [5.41, 5.74) is -0.586. The molecule has 6 nitrogen and oxygen atoms in total. The number of carboxylic acids is 1. The summed E-state index contributed by atoms with van der Waals surface area (Å²) in [5.74, 6) is -1.95. The maximum atomic E-state index is 11.3. The molecule has 92 valence electrons. The van der Waals surface area contributed by atoms with Gasteiger partial charge in [-0.1, -0.05) is 20.8 Å². The molecule has 0 radical (unpaired) electrons. The van der Waals surface area contributed by atoms with Crippen LogP contribution in [0.15, 0.2) is 0 Å². The van der Waals surface area contributed by atoms with Crippen LogP contribution < -0.4 is 10.6 Å². The second kappa shape index (κ2) is 5.48. The van der Waals surface area contributed by atoms with Crippen molar-refractivity contribution in [1.82, 2.24) is 10.6 Å². The first-order chi connectivity index (χ1) is 7.14. The van der Waals surface area contributed by atoms with Gasteiger partial charge in [0.2, 0.25) is 11.8 Å². The lowest BCUT2D eigenvalue weighted by molar-refractivity contribution is -0.144. The number of amides is 2. The zero-order chi connectivity index (χ0) is 12.9. The Morgan fingerprint density at radius 3 is 2.06 bits per heavy atom. The van der Waals surface area contributed by atoms with Crippen LogP contribution in [0.5, 0.6) is 0 Å². The van der Waals surface area contributed by atoms with Gasteiger partial charge in [0.1, 0.15) is 6.04 Å². The molecule has 0 aromatic carbocycles. The van der Waals surface area contributed by atoms with E-state index in [9.17, 15) is 14.4 Å². The van der Waals surface area contributed by atoms with Crippen molar-refractivity contribution in [3.8, 4) is 0 Å². The van der Waals surface area contributed by atoms with E-state index in [1.165, 1.54) is 6.92 Å². The number of carbonyl (C=O) groups excluding carboxylic acids is 2. The fraction of sp³-hybridized carbons (Fsp3) is 0.700. The number of carbonyl (C=O) groups is 3. The number of rotatable bonds is 4. The van der Waals surface area contributed by atoms with Crippen LogP contribution in [-0.4, -0.2) is 35.5 Å². The van der Waals surface area contributed by atoms with Crippen molar-refractivity contribution in [3.63, 3.8) is 0 Å². The minimum atomic E-state index is -1.09. The number of hydrogen-bond donors (Lipinski definition) is 3. The third-order valence-corrected chi connectivity index (χ3v) is 1.92. The van der Waals surface area contributed by atoms with E-state index in [4.69, 9.17) is 5.11 Å². The molecule has 0 rings (SSSR count). The van der Waals surface area contributed by atoms with Crippen molar-refractivity contribution in [1.29, 1.82) is 0 Å². The van der Waals surface area contributed by atoms with Crippen molar-refractivity contribution in [2.24, 2.45) is 5.41 Å². The molecule has 0 aromatic heterocycles. The molecule has 6 heteroatoms. The predicted octanol–water partition coefficient (Wildman–Crippen LogP) is -0.262. The van der Waals surface area contributed by atoms with Crippen molar-refractivity contribution >= 4 is 17.8 Å². The van der Waals surface area contributed by atoms with Crippen LogP contribution in [0.2, 0.25) is 0 Å². The Bertz CT molecular complexity index is 294. The maximum Gasteiger partial charge on any atom is 0.326 e. The molecule has 0 saturated carbocycles. The molecule has 0 aliphatic heterocycles. The van der Waals surface area contributed by atoms with Crippen LogP contribution in [-0.2, 0) is 14.4 Å². The van der Waals surface area contributed by atoms with Crippen molar-refractivity contribution in [2.45, 2.75) is 33.7 Å². The van der Waals surface area contributed by atoms with E-state index in [0.717, 1.165) is 0 Å². The summed E-state index contributed by atoms with van der Waals surface area (Å²) in [4.78, 5) is 32.8. The van der Waals surface area contributed by atoms with Crippen LogP contribution in [0.1, 0.15) is 27.7 Å². The second-order valence-corrected chi connectivity index (χ2v) is 4.61. The molecule has 0 saturated heterocycles. The van der Waals surface area contributed by atoms with Crippen LogP contribution in [0, 0.1) is 5.41 Å². The van der Waals surface area contributed by atoms with Crippen LogP contribution in [0.4, 0.5) is 0 Å². The minimum absolute atomic E-state index is 0.213. The molecular weight excluding hydrogens is 212 g/mol. The van der Waals surface area contributed by atoms with Gasteiger partial charge in [-0.15, -0.1) is 0 Å². The Morgan fingerprint density at radius 1 is 1.25 bits per heavy atom. The molecule has 16 heavy (non-hydrogen) atoms. The first-order valence-electron chi connectivity index (χ1n) is 4.91. The van der Waals surface area contributed by atoms with E-state index in [1.54, 1.807) is 20.8 Å². The summed E-state index contributed by atoms with van der Waals surface area (Å²) >= 11 is 0. The molecular formula is C10H18N2O4. The maximum absolute atomic E-state index is 11.3. The standard InChI is InChI=1S/C10H18N2O4/c1-6(13)11-5-7(14)12-8(9(15)16)10(2,3)4/h8H,5H2,1-4H3,(H,11,13)(H,12,14)(H,15,16)/t8-/m1/s1. The van der Waals surface area contributed by atoms with Crippen LogP contribution >= 0.6 is 0 Å². The van der Waals surface area contributed by atoms with E-state index in [1.807, 2.05) is 0 Å². The van der Waals surface area contributed by atoms with Gasteiger partial charge in [0.05, 0.1) is 6.54 Å². The van der Waals surface area contributed by atoms with Gasteiger partial charge in [-0.2, -0.15) is 0 Å². The predicted molar refractivity (Wildman–Crippen MR) is 57.7 cm³/mol. The normalized spacial score (nSPS) is 12.8.